The monoisotopic (exact) mass is 566 g/mol. The average molecular weight is 567 g/mol. The number of phenolic OH excluding ortho intramolecular Hbond substituents is 6. The van der Waals surface area contributed by atoms with Crippen LogP contribution in [0.4, 0.5) is 0 Å². The Morgan fingerprint density at radius 1 is 0.439 bits per heavy atom. The molecule has 0 atom stereocenters. The molecule has 41 heavy (non-hydrogen) atoms. The van der Waals surface area contributed by atoms with E-state index < -0.39 is 44.3 Å². The van der Waals surface area contributed by atoms with Gasteiger partial charge in [-0.15, -0.1) is 0 Å². The summed E-state index contributed by atoms with van der Waals surface area (Å²) in [6.07, 6.45) is 0. The van der Waals surface area contributed by atoms with Gasteiger partial charge in [-0.05, 0) is 69.1 Å². The Morgan fingerprint density at radius 3 is 1.15 bits per heavy atom. The van der Waals surface area contributed by atoms with Gasteiger partial charge in [-0.2, -0.15) is 0 Å². The first kappa shape index (κ1) is 25.8. The van der Waals surface area contributed by atoms with E-state index in [0.29, 0.717) is 21.5 Å². The number of hydrogen-bond donors (Lipinski definition) is 6. The Hall–Kier alpha value is -5.41. The maximum absolute atomic E-state index is 14.6. The van der Waals surface area contributed by atoms with Crippen molar-refractivity contribution in [3.8, 4) is 56.8 Å². The Labute approximate surface area is 233 Å². The van der Waals surface area contributed by atoms with Crippen LogP contribution in [0.25, 0.3) is 43.8 Å². The zero-order chi connectivity index (χ0) is 29.1. The van der Waals surface area contributed by atoms with Crippen molar-refractivity contribution in [3.63, 3.8) is 0 Å². The van der Waals surface area contributed by atoms with E-state index in [-0.39, 0.29) is 32.0 Å². The lowest BCUT2D eigenvalue weighted by molar-refractivity contribution is 0.368. The topological polar surface area (TPSA) is 156 Å². The molecule has 9 heteroatoms. The Kier molecular flexibility index (Phi) is 5.90. The van der Waals surface area contributed by atoms with E-state index >= 15 is 0 Å². The van der Waals surface area contributed by atoms with Crippen LogP contribution in [0, 0.1) is 0 Å². The van der Waals surface area contributed by atoms with Gasteiger partial charge in [-0.1, -0.05) is 60.7 Å². The van der Waals surface area contributed by atoms with Crippen molar-refractivity contribution < 1.29 is 39.1 Å². The Morgan fingerprint density at radius 2 is 0.780 bits per heavy atom. The van der Waals surface area contributed by atoms with Crippen molar-refractivity contribution >= 4 is 31.4 Å². The number of fused-ring (bicyclic) bond motifs is 2. The fraction of sp³-hybridized carbons (Fsp3) is 0. The van der Waals surface area contributed by atoms with Gasteiger partial charge < -0.3 is 30.6 Å². The first-order valence-corrected chi connectivity index (χ1v) is 13.9. The minimum Gasteiger partial charge on any atom is -0.504 e. The molecule has 0 fully saturated rings. The maximum atomic E-state index is 14.6. The first-order valence-electron chi connectivity index (χ1n) is 12.4. The van der Waals surface area contributed by atoms with E-state index in [1.54, 1.807) is 60.7 Å². The average Bonchev–Trinajstić information content (AvgIpc) is 2.96. The molecular weight excluding hydrogens is 544 g/mol. The second kappa shape index (κ2) is 9.35. The molecule has 6 aromatic carbocycles. The molecule has 8 nitrogen and oxygen atoms in total. The third kappa shape index (κ3) is 4.11. The fourth-order valence-corrected chi connectivity index (χ4v) is 6.89. The van der Waals surface area contributed by atoms with E-state index in [9.17, 15) is 39.1 Å². The highest BCUT2D eigenvalue weighted by molar-refractivity contribution is 7.91. The van der Waals surface area contributed by atoms with Gasteiger partial charge in [0, 0.05) is 11.1 Å². The van der Waals surface area contributed by atoms with E-state index in [0.717, 1.165) is 0 Å². The zero-order valence-electron chi connectivity index (χ0n) is 21.1. The first-order chi connectivity index (χ1) is 19.6. The molecule has 0 bridgehead atoms. The van der Waals surface area contributed by atoms with Gasteiger partial charge in [-0.3, -0.25) is 0 Å². The molecule has 0 aliphatic rings. The third-order valence-electron chi connectivity index (χ3n) is 7.08. The summed E-state index contributed by atoms with van der Waals surface area (Å²) in [6, 6.07) is 24.9. The summed E-state index contributed by atoms with van der Waals surface area (Å²) >= 11 is 0. The van der Waals surface area contributed by atoms with Crippen LogP contribution < -0.4 is 0 Å². The molecule has 0 saturated carbocycles. The minimum absolute atomic E-state index is 0.149. The molecule has 0 aromatic heterocycles. The number of hydrogen-bond acceptors (Lipinski definition) is 8. The normalized spacial score (nSPS) is 11.7. The molecule has 0 aliphatic heterocycles. The van der Waals surface area contributed by atoms with Crippen LogP contribution in [0.5, 0.6) is 34.5 Å². The quantitative estimate of drug-likeness (QED) is 0.134. The molecule has 0 spiro atoms. The molecular formula is C32H22O8S. The lowest BCUT2D eigenvalue weighted by Gasteiger charge is -2.19. The Bertz CT molecular complexity index is 1940. The molecule has 0 aliphatic carbocycles. The molecule has 204 valence electrons. The van der Waals surface area contributed by atoms with Crippen molar-refractivity contribution in [3.05, 3.63) is 97.1 Å². The molecule has 0 saturated heterocycles. The fourth-order valence-electron chi connectivity index (χ4n) is 5.16. The van der Waals surface area contributed by atoms with Crippen molar-refractivity contribution in [1.82, 2.24) is 0 Å². The van der Waals surface area contributed by atoms with Crippen molar-refractivity contribution in [1.29, 1.82) is 0 Å². The van der Waals surface area contributed by atoms with Gasteiger partial charge in [0.05, 0.1) is 9.79 Å². The van der Waals surface area contributed by atoms with Gasteiger partial charge in [0.15, 0.2) is 34.5 Å². The molecule has 0 amide bonds. The van der Waals surface area contributed by atoms with Crippen LogP contribution in [0.15, 0.2) is 107 Å². The summed E-state index contributed by atoms with van der Waals surface area (Å²) in [5, 5.41) is 63.4. The summed E-state index contributed by atoms with van der Waals surface area (Å²) in [4.78, 5) is -0.297. The van der Waals surface area contributed by atoms with Crippen LogP contribution >= 0.6 is 0 Å². The number of phenols is 6. The predicted octanol–water partition coefficient (Wildman–Crippen LogP) is 6.39. The highest BCUT2D eigenvalue weighted by atomic mass is 32.2. The summed E-state index contributed by atoms with van der Waals surface area (Å²) in [5.74, 6) is -3.98. The number of aromatic hydroxyl groups is 6. The van der Waals surface area contributed by atoms with E-state index in [4.69, 9.17) is 0 Å². The van der Waals surface area contributed by atoms with Crippen LogP contribution in [0.2, 0.25) is 0 Å². The van der Waals surface area contributed by atoms with Crippen molar-refractivity contribution in [2.24, 2.45) is 0 Å². The second-order valence-electron chi connectivity index (χ2n) is 9.55. The largest absolute Gasteiger partial charge is 0.504 e. The molecule has 0 heterocycles. The van der Waals surface area contributed by atoms with E-state index in [1.807, 2.05) is 0 Å². The van der Waals surface area contributed by atoms with Gasteiger partial charge in [-0.25, -0.2) is 8.42 Å². The number of sulfone groups is 1. The SMILES string of the molecule is O=S(=O)(c1ccc2ccccc2c1-c1cc(O)c(O)c(O)c1)c1ccc2ccccc2c1-c1cc(O)c(O)c(O)c1. The molecule has 0 radical (unpaired) electrons. The predicted molar refractivity (Wildman–Crippen MR) is 154 cm³/mol. The van der Waals surface area contributed by atoms with Crippen LogP contribution in [-0.2, 0) is 9.84 Å². The van der Waals surface area contributed by atoms with Crippen LogP contribution in [-0.4, -0.2) is 39.1 Å². The van der Waals surface area contributed by atoms with Crippen LogP contribution in [0.3, 0.4) is 0 Å². The standard InChI is InChI=1S/C32H22O8S/c33-23-13-19(14-24(34)31(23)37)29-21-7-3-1-5-17(21)9-11-27(29)41(39,40)28-12-10-18-6-2-4-8-22(18)30(28)20-15-25(35)32(38)26(36)16-20/h1-16,33-38H. The minimum atomic E-state index is -4.40. The summed E-state index contributed by atoms with van der Waals surface area (Å²) in [7, 11) is -4.40. The Balaban J connectivity index is 1.72. The second-order valence-corrected chi connectivity index (χ2v) is 11.4. The van der Waals surface area contributed by atoms with Gasteiger partial charge in [0.1, 0.15) is 0 Å². The summed E-state index contributed by atoms with van der Waals surface area (Å²) in [6.45, 7) is 0. The molecule has 0 unspecified atom stereocenters. The third-order valence-corrected chi connectivity index (χ3v) is 8.92. The zero-order valence-corrected chi connectivity index (χ0v) is 22.0. The summed E-state index contributed by atoms with van der Waals surface area (Å²) in [5.41, 5.74) is 0.666. The van der Waals surface area contributed by atoms with Crippen LogP contribution in [0.1, 0.15) is 0 Å². The number of benzene rings is 6. The number of rotatable bonds is 4. The lowest BCUT2D eigenvalue weighted by Crippen LogP contribution is -2.07. The van der Waals surface area contributed by atoms with Gasteiger partial charge in [0.2, 0.25) is 9.84 Å². The molecule has 6 rings (SSSR count). The van der Waals surface area contributed by atoms with Gasteiger partial charge >= 0.3 is 0 Å². The van der Waals surface area contributed by atoms with Crippen molar-refractivity contribution in [2.45, 2.75) is 9.79 Å². The highest BCUT2D eigenvalue weighted by Crippen LogP contribution is 2.47. The summed E-state index contributed by atoms with van der Waals surface area (Å²) < 4.78 is 29.3. The lowest BCUT2D eigenvalue weighted by atomic mass is 9.97. The van der Waals surface area contributed by atoms with Gasteiger partial charge in [0.25, 0.3) is 0 Å². The smallest absolute Gasteiger partial charge is 0.207 e. The molecule has 6 aromatic rings. The highest BCUT2D eigenvalue weighted by Gasteiger charge is 2.29. The van der Waals surface area contributed by atoms with E-state index in [1.165, 1.54) is 36.4 Å². The maximum Gasteiger partial charge on any atom is 0.207 e. The van der Waals surface area contributed by atoms with Crippen molar-refractivity contribution in [2.75, 3.05) is 0 Å². The van der Waals surface area contributed by atoms with E-state index in [2.05, 4.69) is 0 Å². The molecule has 6 N–H and O–H groups in total.